The molecule has 1 saturated heterocycles. The lowest BCUT2D eigenvalue weighted by atomic mass is 10.2. The number of esters is 1. The molecule has 1 aliphatic heterocycles. The molecule has 1 heterocycles. The van der Waals surface area contributed by atoms with E-state index in [4.69, 9.17) is 9.47 Å². The SMILES string of the molecule is COC(=O)c1ccc([N+](=O)[O-])c(O[C@@H]2CCOC2)c1. The molecule has 0 N–H and O–H groups in total. The number of nitro benzene ring substituents is 1. The number of hydrogen-bond acceptors (Lipinski definition) is 6. The van der Waals surface area contributed by atoms with E-state index in [0.29, 0.717) is 19.6 Å². The fourth-order valence-electron chi connectivity index (χ4n) is 1.79. The molecule has 0 spiro atoms. The highest BCUT2D eigenvalue weighted by Gasteiger charge is 2.24. The Morgan fingerprint density at radius 3 is 2.89 bits per heavy atom. The van der Waals surface area contributed by atoms with Gasteiger partial charge in [0.1, 0.15) is 6.10 Å². The molecule has 102 valence electrons. The van der Waals surface area contributed by atoms with Crippen LogP contribution in [0.15, 0.2) is 18.2 Å². The Labute approximate surface area is 109 Å². The first-order valence-electron chi connectivity index (χ1n) is 5.73. The van der Waals surface area contributed by atoms with Crippen LogP contribution >= 0.6 is 0 Å². The predicted octanol–water partition coefficient (Wildman–Crippen LogP) is 1.55. The van der Waals surface area contributed by atoms with Crippen LogP contribution in [0.25, 0.3) is 0 Å². The van der Waals surface area contributed by atoms with Crippen molar-refractivity contribution in [2.75, 3.05) is 20.3 Å². The van der Waals surface area contributed by atoms with Crippen LogP contribution in [0.1, 0.15) is 16.8 Å². The average Bonchev–Trinajstić information content (AvgIpc) is 2.90. The zero-order valence-corrected chi connectivity index (χ0v) is 10.3. The number of rotatable bonds is 4. The van der Waals surface area contributed by atoms with Gasteiger partial charge in [0.15, 0.2) is 5.75 Å². The Hall–Kier alpha value is -2.15. The van der Waals surface area contributed by atoms with E-state index < -0.39 is 10.9 Å². The van der Waals surface area contributed by atoms with Crippen molar-refractivity contribution in [2.24, 2.45) is 0 Å². The molecule has 1 aromatic carbocycles. The number of benzene rings is 1. The minimum atomic E-state index is -0.567. The number of nitrogens with zero attached hydrogens (tertiary/aromatic N) is 1. The van der Waals surface area contributed by atoms with Crippen LogP contribution in [-0.4, -0.2) is 37.3 Å². The standard InChI is InChI=1S/C12H13NO6/c1-17-12(14)8-2-3-10(13(15)16)11(6-8)19-9-4-5-18-7-9/h2-3,6,9H,4-5,7H2,1H3/t9-/m1/s1. The van der Waals surface area contributed by atoms with Crippen molar-refractivity contribution in [2.45, 2.75) is 12.5 Å². The molecule has 2 rings (SSSR count). The van der Waals surface area contributed by atoms with Gasteiger partial charge in [0.2, 0.25) is 0 Å². The Kier molecular flexibility index (Phi) is 3.96. The maximum atomic E-state index is 11.4. The molecule has 0 aliphatic carbocycles. The molecule has 0 amide bonds. The topological polar surface area (TPSA) is 87.9 Å². The fourth-order valence-corrected chi connectivity index (χ4v) is 1.79. The zero-order chi connectivity index (χ0) is 13.8. The number of carbonyl (C=O) groups is 1. The molecule has 1 aliphatic rings. The van der Waals surface area contributed by atoms with Crippen molar-refractivity contribution >= 4 is 11.7 Å². The summed E-state index contributed by atoms with van der Waals surface area (Å²) in [7, 11) is 1.25. The fraction of sp³-hybridized carbons (Fsp3) is 0.417. The summed E-state index contributed by atoms with van der Waals surface area (Å²) in [4.78, 5) is 21.8. The Morgan fingerprint density at radius 1 is 1.53 bits per heavy atom. The third-order valence-electron chi connectivity index (χ3n) is 2.76. The van der Waals surface area contributed by atoms with E-state index in [0.717, 1.165) is 0 Å². The molecule has 7 heteroatoms. The summed E-state index contributed by atoms with van der Waals surface area (Å²) in [6, 6.07) is 3.89. The molecular weight excluding hydrogens is 254 g/mol. The first-order chi connectivity index (χ1) is 9.11. The van der Waals surface area contributed by atoms with Gasteiger partial charge in [-0.25, -0.2) is 4.79 Å². The summed E-state index contributed by atoms with van der Waals surface area (Å²) in [5.74, 6) is -0.509. The van der Waals surface area contributed by atoms with Gasteiger partial charge in [-0.15, -0.1) is 0 Å². The number of ether oxygens (including phenoxy) is 3. The molecule has 0 radical (unpaired) electrons. The second-order valence-corrected chi connectivity index (χ2v) is 4.03. The Morgan fingerprint density at radius 2 is 2.32 bits per heavy atom. The summed E-state index contributed by atoms with van der Waals surface area (Å²) < 4.78 is 15.2. The first kappa shape index (κ1) is 13.3. The van der Waals surface area contributed by atoms with Crippen molar-refractivity contribution in [3.63, 3.8) is 0 Å². The summed E-state index contributed by atoms with van der Waals surface area (Å²) in [5.41, 5.74) is 0.0292. The summed E-state index contributed by atoms with van der Waals surface area (Å²) in [5, 5.41) is 10.9. The molecule has 0 saturated carbocycles. The minimum absolute atomic E-state index is 0.0587. The highest BCUT2D eigenvalue weighted by atomic mass is 16.6. The van der Waals surface area contributed by atoms with E-state index in [2.05, 4.69) is 4.74 Å². The van der Waals surface area contributed by atoms with Crippen LogP contribution in [0, 0.1) is 10.1 Å². The second-order valence-electron chi connectivity index (χ2n) is 4.03. The van der Waals surface area contributed by atoms with Crippen molar-refractivity contribution < 1.29 is 23.9 Å². The van der Waals surface area contributed by atoms with E-state index in [1.54, 1.807) is 0 Å². The third-order valence-corrected chi connectivity index (χ3v) is 2.76. The van der Waals surface area contributed by atoms with Gasteiger partial charge in [-0.05, 0) is 6.07 Å². The van der Waals surface area contributed by atoms with Gasteiger partial charge >= 0.3 is 11.7 Å². The van der Waals surface area contributed by atoms with Crippen molar-refractivity contribution in [3.05, 3.63) is 33.9 Å². The zero-order valence-electron chi connectivity index (χ0n) is 10.3. The molecule has 19 heavy (non-hydrogen) atoms. The van der Waals surface area contributed by atoms with Gasteiger partial charge in [-0.1, -0.05) is 0 Å². The Balaban J connectivity index is 2.29. The minimum Gasteiger partial charge on any atom is -0.481 e. The normalized spacial score (nSPS) is 18.1. The van der Waals surface area contributed by atoms with Gasteiger partial charge in [-0.3, -0.25) is 10.1 Å². The maximum Gasteiger partial charge on any atom is 0.337 e. The number of carbonyl (C=O) groups excluding carboxylic acids is 1. The van der Waals surface area contributed by atoms with Crippen molar-refractivity contribution in [1.29, 1.82) is 0 Å². The highest BCUT2D eigenvalue weighted by Crippen LogP contribution is 2.30. The van der Waals surface area contributed by atoms with Crippen molar-refractivity contribution in [3.8, 4) is 5.75 Å². The van der Waals surface area contributed by atoms with E-state index >= 15 is 0 Å². The lowest BCUT2D eigenvalue weighted by Crippen LogP contribution is -2.17. The van der Waals surface area contributed by atoms with E-state index in [-0.39, 0.29) is 23.1 Å². The van der Waals surface area contributed by atoms with Crippen LogP contribution in [0.3, 0.4) is 0 Å². The van der Waals surface area contributed by atoms with Gasteiger partial charge in [0.05, 0.1) is 30.8 Å². The third kappa shape index (κ3) is 3.00. The van der Waals surface area contributed by atoms with Crippen LogP contribution in [0.5, 0.6) is 5.75 Å². The molecule has 0 aromatic heterocycles. The smallest absolute Gasteiger partial charge is 0.337 e. The van der Waals surface area contributed by atoms with Gasteiger partial charge in [0, 0.05) is 18.6 Å². The van der Waals surface area contributed by atoms with Crippen LogP contribution in [-0.2, 0) is 9.47 Å². The van der Waals surface area contributed by atoms with E-state index in [1.165, 1.54) is 25.3 Å². The van der Waals surface area contributed by atoms with Crippen molar-refractivity contribution in [1.82, 2.24) is 0 Å². The molecule has 7 nitrogen and oxygen atoms in total. The van der Waals surface area contributed by atoms with Gasteiger partial charge in [-0.2, -0.15) is 0 Å². The second kappa shape index (κ2) is 5.66. The van der Waals surface area contributed by atoms with Crippen LogP contribution < -0.4 is 4.74 Å². The molecule has 1 fully saturated rings. The summed E-state index contributed by atoms with van der Waals surface area (Å²) >= 11 is 0. The first-order valence-corrected chi connectivity index (χ1v) is 5.73. The lowest BCUT2D eigenvalue weighted by molar-refractivity contribution is -0.386. The Bertz CT molecular complexity index is 495. The number of nitro groups is 1. The molecular formula is C12H13NO6. The summed E-state index contributed by atoms with van der Waals surface area (Å²) in [6.07, 6.45) is 0.436. The number of hydrogen-bond donors (Lipinski definition) is 0. The van der Waals surface area contributed by atoms with Crippen LogP contribution in [0.4, 0.5) is 5.69 Å². The lowest BCUT2D eigenvalue weighted by Gasteiger charge is -2.12. The van der Waals surface area contributed by atoms with E-state index in [1.807, 2.05) is 0 Å². The van der Waals surface area contributed by atoms with Crippen LogP contribution in [0.2, 0.25) is 0 Å². The van der Waals surface area contributed by atoms with Gasteiger partial charge < -0.3 is 14.2 Å². The maximum absolute atomic E-state index is 11.4. The molecule has 0 bridgehead atoms. The molecule has 1 aromatic rings. The highest BCUT2D eigenvalue weighted by molar-refractivity contribution is 5.90. The quantitative estimate of drug-likeness (QED) is 0.467. The average molecular weight is 267 g/mol. The predicted molar refractivity (Wildman–Crippen MR) is 64.3 cm³/mol. The monoisotopic (exact) mass is 267 g/mol. The molecule has 1 atom stereocenters. The largest absolute Gasteiger partial charge is 0.481 e. The summed E-state index contributed by atoms with van der Waals surface area (Å²) in [6.45, 7) is 0.953. The van der Waals surface area contributed by atoms with Gasteiger partial charge in [0.25, 0.3) is 0 Å². The van der Waals surface area contributed by atoms with E-state index in [9.17, 15) is 14.9 Å². The number of methoxy groups -OCH3 is 1. The molecule has 0 unspecified atom stereocenters.